The molecule has 0 saturated heterocycles. The molecule has 24 heavy (non-hydrogen) atoms. The molecule has 0 aliphatic heterocycles. The van der Waals surface area contributed by atoms with Gasteiger partial charge in [-0.05, 0) is 49.7 Å². The Hall–Kier alpha value is -1.00. The maximum absolute atomic E-state index is 12.2. The molecular weight excluding hydrogens is 350 g/mol. The van der Waals surface area contributed by atoms with Gasteiger partial charge >= 0.3 is 0 Å². The molecule has 0 bridgehead atoms. The number of nitrogens with one attached hydrogen (secondary N) is 1. The number of hydrogen-bond acceptors (Lipinski definition) is 5. The lowest BCUT2D eigenvalue weighted by Crippen LogP contribution is -2.32. The van der Waals surface area contributed by atoms with Crippen molar-refractivity contribution >= 4 is 20.0 Å². The topological polar surface area (TPSA) is 110 Å². The first-order valence-corrected chi connectivity index (χ1v) is 10.9. The molecule has 0 aliphatic carbocycles. The van der Waals surface area contributed by atoms with Gasteiger partial charge in [-0.25, -0.2) is 26.7 Å². The molecule has 0 fully saturated rings. The largest absolute Gasteiger partial charge is 0.303 e. The molecule has 0 radical (unpaired) electrons. The van der Waals surface area contributed by atoms with Crippen molar-refractivity contribution in [2.24, 2.45) is 11.1 Å². The minimum absolute atomic E-state index is 0.0180. The predicted molar refractivity (Wildman–Crippen MR) is 94.6 cm³/mol. The standard InChI is InChI=1S/C15H27N3O4S2/c1-4-18(12-13(2)3)11-5-10-17-24(21,22)15-8-6-14(7-9-15)23(16,19)20/h6-9,13,17H,4-5,10-12H2,1-3H3,(H2,16,19,20). The number of nitrogens with zero attached hydrogens (tertiary/aromatic N) is 1. The molecule has 138 valence electrons. The SMILES string of the molecule is CCN(CCCNS(=O)(=O)c1ccc(S(N)(=O)=O)cc1)CC(C)C. The summed E-state index contributed by atoms with van der Waals surface area (Å²) in [6, 6.07) is 4.84. The van der Waals surface area contributed by atoms with Crippen molar-refractivity contribution in [1.29, 1.82) is 0 Å². The van der Waals surface area contributed by atoms with E-state index in [1.807, 2.05) is 0 Å². The number of nitrogens with two attached hydrogens (primary N) is 1. The fourth-order valence-electron chi connectivity index (χ4n) is 2.30. The maximum Gasteiger partial charge on any atom is 0.240 e. The van der Waals surface area contributed by atoms with Crippen LogP contribution in [0.4, 0.5) is 0 Å². The van der Waals surface area contributed by atoms with E-state index < -0.39 is 20.0 Å². The predicted octanol–water partition coefficient (Wildman–Crippen LogP) is 0.980. The first-order valence-electron chi connectivity index (χ1n) is 7.91. The highest BCUT2D eigenvalue weighted by Gasteiger charge is 2.15. The second kappa shape index (κ2) is 8.91. The zero-order valence-electron chi connectivity index (χ0n) is 14.4. The Balaban J connectivity index is 2.58. The molecule has 0 aromatic heterocycles. The monoisotopic (exact) mass is 377 g/mol. The molecule has 0 spiro atoms. The van der Waals surface area contributed by atoms with Gasteiger partial charge in [0.1, 0.15) is 0 Å². The van der Waals surface area contributed by atoms with Crippen LogP contribution in [0.1, 0.15) is 27.2 Å². The molecule has 0 saturated carbocycles. The van der Waals surface area contributed by atoms with Crippen molar-refractivity contribution in [2.75, 3.05) is 26.2 Å². The molecule has 1 aromatic rings. The van der Waals surface area contributed by atoms with Crippen LogP contribution < -0.4 is 9.86 Å². The Morgan fingerprint density at radius 2 is 1.62 bits per heavy atom. The first kappa shape index (κ1) is 21.0. The van der Waals surface area contributed by atoms with E-state index in [0.29, 0.717) is 18.9 Å². The van der Waals surface area contributed by atoms with Gasteiger partial charge in [0.25, 0.3) is 0 Å². The molecule has 0 atom stereocenters. The fraction of sp³-hybridized carbons (Fsp3) is 0.600. The van der Waals surface area contributed by atoms with Crippen LogP contribution in [0, 0.1) is 5.92 Å². The summed E-state index contributed by atoms with van der Waals surface area (Å²) >= 11 is 0. The molecule has 1 rings (SSSR count). The number of benzene rings is 1. The fourth-order valence-corrected chi connectivity index (χ4v) is 3.89. The van der Waals surface area contributed by atoms with Crippen molar-refractivity contribution in [2.45, 2.75) is 37.0 Å². The minimum Gasteiger partial charge on any atom is -0.303 e. The normalized spacial score (nSPS) is 12.9. The molecule has 3 N–H and O–H groups in total. The lowest BCUT2D eigenvalue weighted by molar-refractivity contribution is 0.254. The molecule has 0 aliphatic rings. The van der Waals surface area contributed by atoms with Crippen LogP contribution in [-0.2, 0) is 20.0 Å². The highest BCUT2D eigenvalue weighted by atomic mass is 32.2. The summed E-state index contributed by atoms with van der Waals surface area (Å²) in [6.07, 6.45) is 0.703. The molecule has 9 heteroatoms. The molecule has 7 nitrogen and oxygen atoms in total. The van der Waals surface area contributed by atoms with E-state index in [-0.39, 0.29) is 9.79 Å². The first-order chi connectivity index (χ1) is 11.1. The second-order valence-corrected chi connectivity index (χ2v) is 9.38. The minimum atomic E-state index is -3.83. The Bertz CT molecular complexity index is 714. The van der Waals surface area contributed by atoms with Gasteiger partial charge in [0.2, 0.25) is 20.0 Å². The second-order valence-electron chi connectivity index (χ2n) is 6.05. The average molecular weight is 378 g/mol. The van der Waals surface area contributed by atoms with Crippen LogP contribution in [0.3, 0.4) is 0 Å². The summed E-state index contributed by atoms with van der Waals surface area (Å²) in [4.78, 5) is 2.18. The summed E-state index contributed by atoms with van der Waals surface area (Å²) in [6.45, 7) is 9.44. The molecule has 1 aromatic carbocycles. The van der Waals surface area contributed by atoms with Crippen LogP contribution >= 0.6 is 0 Å². The van der Waals surface area contributed by atoms with E-state index in [4.69, 9.17) is 5.14 Å². The van der Waals surface area contributed by atoms with Crippen molar-refractivity contribution in [1.82, 2.24) is 9.62 Å². The summed E-state index contributed by atoms with van der Waals surface area (Å²) in [5.41, 5.74) is 0. The Morgan fingerprint density at radius 3 is 2.08 bits per heavy atom. The Kier molecular flexibility index (Phi) is 7.81. The number of primary sulfonamides is 1. The van der Waals surface area contributed by atoms with Crippen LogP contribution in [0.25, 0.3) is 0 Å². The summed E-state index contributed by atoms with van der Waals surface area (Å²) in [7, 11) is -7.48. The third-order valence-electron chi connectivity index (χ3n) is 3.48. The molecule has 0 unspecified atom stereocenters. The van der Waals surface area contributed by atoms with Crippen LogP contribution in [0.5, 0.6) is 0 Å². The van der Waals surface area contributed by atoms with E-state index >= 15 is 0 Å². The number of sulfonamides is 2. The zero-order chi connectivity index (χ0) is 18.4. The van der Waals surface area contributed by atoms with Crippen LogP contribution in [0.2, 0.25) is 0 Å². The van der Waals surface area contributed by atoms with Gasteiger partial charge in [0.05, 0.1) is 9.79 Å². The summed E-state index contributed by atoms with van der Waals surface area (Å²) in [5, 5.41) is 4.99. The smallest absolute Gasteiger partial charge is 0.240 e. The lowest BCUT2D eigenvalue weighted by Gasteiger charge is -2.22. The highest BCUT2D eigenvalue weighted by molar-refractivity contribution is 7.89. The van der Waals surface area contributed by atoms with E-state index in [0.717, 1.165) is 19.6 Å². The molecular formula is C15H27N3O4S2. The van der Waals surface area contributed by atoms with Gasteiger partial charge in [-0.1, -0.05) is 20.8 Å². The highest BCUT2D eigenvalue weighted by Crippen LogP contribution is 2.13. The third-order valence-corrected chi connectivity index (χ3v) is 5.88. The third kappa shape index (κ3) is 6.86. The van der Waals surface area contributed by atoms with Gasteiger partial charge in [-0.2, -0.15) is 0 Å². The summed E-state index contributed by atoms with van der Waals surface area (Å²) in [5.74, 6) is 0.569. The van der Waals surface area contributed by atoms with Crippen molar-refractivity contribution in [3.8, 4) is 0 Å². The summed E-state index contributed by atoms with van der Waals surface area (Å²) < 4.78 is 49.3. The van der Waals surface area contributed by atoms with E-state index in [1.165, 1.54) is 24.3 Å². The van der Waals surface area contributed by atoms with Gasteiger partial charge in [0.15, 0.2) is 0 Å². The van der Waals surface area contributed by atoms with Gasteiger partial charge in [-0.15, -0.1) is 0 Å². The number of hydrogen-bond donors (Lipinski definition) is 2. The lowest BCUT2D eigenvalue weighted by atomic mass is 10.2. The van der Waals surface area contributed by atoms with Crippen molar-refractivity contribution in [3.05, 3.63) is 24.3 Å². The van der Waals surface area contributed by atoms with Crippen molar-refractivity contribution < 1.29 is 16.8 Å². The van der Waals surface area contributed by atoms with Crippen LogP contribution in [-0.4, -0.2) is 47.9 Å². The Morgan fingerprint density at radius 1 is 1.08 bits per heavy atom. The maximum atomic E-state index is 12.2. The quantitative estimate of drug-likeness (QED) is 0.591. The van der Waals surface area contributed by atoms with E-state index in [2.05, 4.69) is 30.4 Å². The van der Waals surface area contributed by atoms with E-state index in [1.54, 1.807) is 0 Å². The molecule has 0 heterocycles. The zero-order valence-corrected chi connectivity index (χ0v) is 16.0. The van der Waals surface area contributed by atoms with Gasteiger partial charge in [0, 0.05) is 13.1 Å². The van der Waals surface area contributed by atoms with E-state index in [9.17, 15) is 16.8 Å². The van der Waals surface area contributed by atoms with Crippen molar-refractivity contribution in [3.63, 3.8) is 0 Å². The number of rotatable bonds is 10. The van der Waals surface area contributed by atoms with Gasteiger partial charge < -0.3 is 4.90 Å². The Labute approximate surface area is 145 Å². The van der Waals surface area contributed by atoms with Gasteiger partial charge in [-0.3, -0.25) is 0 Å². The van der Waals surface area contributed by atoms with Crippen LogP contribution in [0.15, 0.2) is 34.1 Å². The molecule has 0 amide bonds. The average Bonchev–Trinajstić information content (AvgIpc) is 2.49.